The van der Waals surface area contributed by atoms with Gasteiger partial charge in [0.1, 0.15) is 6.04 Å². The highest BCUT2D eigenvalue weighted by atomic mass is 79.9. The van der Waals surface area contributed by atoms with Crippen LogP contribution in [0.2, 0.25) is 0 Å². The van der Waals surface area contributed by atoms with Gasteiger partial charge in [0.05, 0.1) is 22.7 Å². The van der Waals surface area contributed by atoms with E-state index >= 15 is 0 Å². The molecule has 0 aliphatic carbocycles. The Kier molecular flexibility index (Phi) is 3.97. The number of carbonyl (C=O) groups is 1. The first-order chi connectivity index (χ1) is 10.6. The smallest absolute Gasteiger partial charge is 0.259 e. The Bertz CT molecular complexity index is 742. The van der Waals surface area contributed by atoms with Crippen LogP contribution < -0.4 is 4.90 Å². The van der Waals surface area contributed by atoms with Gasteiger partial charge in [-0.15, -0.1) is 0 Å². The average molecular weight is 357 g/mol. The molecule has 0 spiro atoms. The molecule has 1 heterocycles. The number of nitrogens with zero attached hydrogens (tertiary/aromatic N) is 2. The molecular formula is C17H13BrN2O2. The van der Waals surface area contributed by atoms with Crippen LogP contribution in [0, 0.1) is 11.3 Å². The lowest BCUT2D eigenvalue weighted by atomic mass is 9.93. The fourth-order valence-electron chi connectivity index (χ4n) is 2.68. The number of aliphatic hydroxyl groups is 1. The molecule has 0 aromatic heterocycles. The maximum atomic E-state index is 12.9. The number of benzene rings is 2. The van der Waals surface area contributed by atoms with E-state index in [1.165, 1.54) is 4.90 Å². The summed E-state index contributed by atoms with van der Waals surface area (Å²) in [7, 11) is 0. The molecule has 22 heavy (non-hydrogen) atoms. The van der Waals surface area contributed by atoms with Crippen LogP contribution in [-0.4, -0.2) is 21.9 Å². The molecule has 0 saturated heterocycles. The molecule has 0 saturated carbocycles. The SMILES string of the molecule is N#CC1C(Br)C(O)c2ccccc2N1C(=O)c1ccccc1. The molecule has 0 fully saturated rings. The second kappa shape index (κ2) is 5.91. The van der Waals surface area contributed by atoms with Crippen LogP contribution >= 0.6 is 15.9 Å². The zero-order valence-corrected chi connectivity index (χ0v) is 13.1. The first-order valence-corrected chi connectivity index (χ1v) is 7.76. The topological polar surface area (TPSA) is 64.3 Å². The Morgan fingerprint density at radius 1 is 1.14 bits per heavy atom. The van der Waals surface area contributed by atoms with Gasteiger partial charge in [-0.25, -0.2) is 0 Å². The van der Waals surface area contributed by atoms with Crippen molar-refractivity contribution in [1.82, 2.24) is 0 Å². The molecule has 3 atom stereocenters. The van der Waals surface area contributed by atoms with Crippen LogP contribution in [0.3, 0.4) is 0 Å². The summed E-state index contributed by atoms with van der Waals surface area (Å²) < 4.78 is 0. The number of para-hydroxylation sites is 1. The number of nitriles is 1. The highest BCUT2D eigenvalue weighted by Crippen LogP contribution is 2.40. The summed E-state index contributed by atoms with van der Waals surface area (Å²) in [6, 6.07) is 17.3. The van der Waals surface area contributed by atoms with E-state index in [9.17, 15) is 15.2 Å². The van der Waals surface area contributed by atoms with Crippen molar-refractivity contribution in [2.24, 2.45) is 0 Å². The van der Waals surface area contributed by atoms with Crippen molar-refractivity contribution in [2.75, 3.05) is 4.90 Å². The number of anilines is 1. The molecule has 1 amide bonds. The predicted molar refractivity (Wildman–Crippen MR) is 86.8 cm³/mol. The van der Waals surface area contributed by atoms with Crippen molar-refractivity contribution in [3.8, 4) is 6.07 Å². The van der Waals surface area contributed by atoms with Crippen molar-refractivity contribution < 1.29 is 9.90 Å². The molecule has 5 heteroatoms. The number of halogens is 1. The molecule has 1 N–H and O–H groups in total. The molecule has 1 aliphatic heterocycles. The Balaban J connectivity index is 2.14. The fraction of sp³-hybridized carbons (Fsp3) is 0.176. The number of aliphatic hydroxyl groups excluding tert-OH is 1. The van der Waals surface area contributed by atoms with E-state index in [0.717, 1.165) is 0 Å². The lowest BCUT2D eigenvalue weighted by molar-refractivity contribution is 0.0962. The van der Waals surface area contributed by atoms with E-state index in [-0.39, 0.29) is 5.91 Å². The van der Waals surface area contributed by atoms with Crippen molar-refractivity contribution in [3.05, 3.63) is 65.7 Å². The van der Waals surface area contributed by atoms with E-state index in [1.807, 2.05) is 6.07 Å². The maximum absolute atomic E-state index is 12.9. The van der Waals surface area contributed by atoms with E-state index in [0.29, 0.717) is 16.8 Å². The highest BCUT2D eigenvalue weighted by Gasteiger charge is 2.42. The molecule has 4 nitrogen and oxygen atoms in total. The fourth-order valence-corrected chi connectivity index (χ4v) is 3.32. The van der Waals surface area contributed by atoms with E-state index < -0.39 is 17.0 Å². The number of fused-ring (bicyclic) bond motifs is 1. The summed E-state index contributed by atoms with van der Waals surface area (Å²) in [4.78, 5) is 13.8. The third kappa shape index (κ3) is 2.31. The molecule has 3 rings (SSSR count). The van der Waals surface area contributed by atoms with Crippen molar-refractivity contribution in [1.29, 1.82) is 5.26 Å². The molecule has 2 aromatic carbocycles. The van der Waals surface area contributed by atoms with E-state index in [2.05, 4.69) is 22.0 Å². The van der Waals surface area contributed by atoms with Gasteiger partial charge in [-0.3, -0.25) is 9.69 Å². The molecular weight excluding hydrogens is 344 g/mol. The molecule has 3 unspecified atom stereocenters. The summed E-state index contributed by atoms with van der Waals surface area (Å²) in [6.45, 7) is 0. The van der Waals surface area contributed by atoms with Gasteiger partial charge in [-0.05, 0) is 18.2 Å². The summed E-state index contributed by atoms with van der Waals surface area (Å²) in [5.41, 5.74) is 1.72. The van der Waals surface area contributed by atoms with Gasteiger partial charge >= 0.3 is 0 Å². The van der Waals surface area contributed by atoms with Crippen LogP contribution in [0.4, 0.5) is 5.69 Å². The van der Waals surface area contributed by atoms with E-state index in [1.54, 1.807) is 48.5 Å². The summed E-state index contributed by atoms with van der Waals surface area (Å²) in [5.74, 6) is -0.254. The number of hydrogen-bond donors (Lipinski definition) is 1. The summed E-state index contributed by atoms with van der Waals surface area (Å²) >= 11 is 3.37. The third-order valence-electron chi connectivity index (χ3n) is 3.77. The monoisotopic (exact) mass is 356 g/mol. The second-order valence-corrected chi connectivity index (χ2v) is 6.12. The van der Waals surface area contributed by atoms with Gasteiger partial charge in [0.25, 0.3) is 5.91 Å². The minimum atomic E-state index is -0.833. The zero-order chi connectivity index (χ0) is 15.7. The average Bonchev–Trinajstić information content (AvgIpc) is 2.58. The molecule has 2 aromatic rings. The first-order valence-electron chi connectivity index (χ1n) is 6.84. The second-order valence-electron chi connectivity index (χ2n) is 5.06. The first kappa shape index (κ1) is 14.8. The summed E-state index contributed by atoms with van der Waals surface area (Å²) in [6.07, 6.45) is -0.833. The number of carbonyl (C=O) groups excluding carboxylic acids is 1. The maximum Gasteiger partial charge on any atom is 0.259 e. The molecule has 0 bridgehead atoms. The number of alkyl halides is 1. The quantitative estimate of drug-likeness (QED) is 0.798. The normalized spacial score (nSPS) is 23.5. The Morgan fingerprint density at radius 2 is 1.77 bits per heavy atom. The Labute approximate surface area is 136 Å². The van der Waals surface area contributed by atoms with Gasteiger partial charge in [0.15, 0.2) is 0 Å². The Morgan fingerprint density at radius 3 is 2.45 bits per heavy atom. The van der Waals surface area contributed by atoms with Crippen LogP contribution in [0.1, 0.15) is 22.0 Å². The lowest BCUT2D eigenvalue weighted by Gasteiger charge is -2.39. The van der Waals surface area contributed by atoms with Gasteiger partial charge in [-0.2, -0.15) is 5.26 Å². The standard InChI is InChI=1S/C17H13BrN2O2/c18-15-14(10-19)20(17(22)11-6-2-1-3-7-11)13-9-5-4-8-12(13)16(15)21/h1-9,14-16,21H. The highest BCUT2D eigenvalue weighted by molar-refractivity contribution is 9.09. The van der Waals surface area contributed by atoms with Crippen molar-refractivity contribution in [2.45, 2.75) is 17.0 Å². The molecule has 110 valence electrons. The van der Waals surface area contributed by atoms with Crippen LogP contribution in [-0.2, 0) is 0 Å². The number of amides is 1. The number of rotatable bonds is 1. The van der Waals surface area contributed by atoms with Crippen LogP contribution in [0.15, 0.2) is 54.6 Å². The van der Waals surface area contributed by atoms with Gasteiger partial charge < -0.3 is 5.11 Å². The van der Waals surface area contributed by atoms with Crippen LogP contribution in [0.25, 0.3) is 0 Å². The molecule has 1 aliphatic rings. The van der Waals surface area contributed by atoms with Gasteiger partial charge in [0, 0.05) is 11.1 Å². The van der Waals surface area contributed by atoms with Crippen molar-refractivity contribution >= 4 is 27.5 Å². The lowest BCUT2D eigenvalue weighted by Crippen LogP contribution is -2.50. The minimum absolute atomic E-state index is 0.254. The van der Waals surface area contributed by atoms with Gasteiger partial charge in [0.2, 0.25) is 0 Å². The zero-order valence-electron chi connectivity index (χ0n) is 11.6. The van der Waals surface area contributed by atoms with Crippen LogP contribution in [0.5, 0.6) is 0 Å². The van der Waals surface area contributed by atoms with Crippen molar-refractivity contribution in [3.63, 3.8) is 0 Å². The predicted octanol–water partition coefficient (Wildman–Crippen LogP) is 3.04. The summed E-state index contributed by atoms with van der Waals surface area (Å²) in [5, 5.41) is 19.9. The minimum Gasteiger partial charge on any atom is -0.387 e. The third-order valence-corrected chi connectivity index (χ3v) is 4.77. The molecule has 0 radical (unpaired) electrons. The Hall–Kier alpha value is -2.16. The number of hydrogen-bond acceptors (Lipinski definition) is 3. The van der Waals surface area contributed by atoms with E-state index in [4.69, 9.17) is 0 Å². The largest absolute Gasteiger partial charge is 0.387 e. The van der Waals surface area contributed by atoms with Gasteiger partial charge in [-0.1, -0.05) is 52.3 Å².